The normalized spacial score (nSPS) is 15.9. The van der Waals surface area contributed by atoms with E-state index in [9.17, 15) is 4.79 Å². The minimum atomic E-state index is 0.0663. The molecule has 1 saturated heterocycles. The molecular weight excluding hydrogens is 332 g/mol. The van der Waals surface area contributed by atoms with Gasteiger partial charge in [0.05, 0.1) is 12.6 Å². The van der Waals surface area contributed by atoms with Gasteiger partial charge in [-0.15, -0.1) is 0 Å². The average molecular weight is 358 g/mol. The number of ether oxygens (including phenoxy) is 1. The van der Waals surface area contributed by atoms with Gasteiger partial charge in [0.15, 0.2) is 5.82 Å². The number of hydrogen-bond donors (Lipinski definition) is 0. The molecule has 0 spiro atoms. The standard InChI is InChI=1S/C19H26N4O3/c1-14(2)25-17-7-5-16(6-8-17)19(24)23-10-4-9-22(11-12-23)13-18-20-15(3)21-26-18/h5-8,14H,4,9-13H2,1-3H3. The van der Waals surface area contributed by atoms with Crippen LogP contribution in [0.3, 0.4) is 0 Å². The summed E-state index contributed by atoms with van der Waals surface area (Å²) in [5.74, 6) is 2.13. The van der Waals surface area contributed by atoms with E-state index in [0.717, 1.165) is 31.8 Å². The number of carbonyl (C=O) groups is 1. The summed E-state index contributed by atoms with van der Waals surface area (Å²) in [4.78, 5) is 21.2. The predicted octanol–water partition coefficient (Wildman–Crippen LogP) is 2.51. The van der Waals surface area contributed by atoms with Gasteiger partial charge in [0.1, 0.15) is 5.75 Å². The van der Waals surface area contributed by atoms with Crippen LogP contribution in [0.4, 0.5) is 0 Å². The predicted molar refractivity (Wildman–Crippen MR) is 97.0 cm³/mol. The third-order valence-electron chi connectivity index (χ3n) is 4.28. The summed E-state index contributed by atoms with van der Waals surface area (Å²) in [5.41, 5.74) is 0.696. The van der Waals surface area contributed by atoms with E-state index < -0.39 is 0 Å². The molecular formula is C19H26N4O3. The average Bonchev–Trinajstić information content (AvgIpc) is 2.88. The van der Waals surface area contributed by atoms with Gasteiger partial charge in [-0.25, -0.2) is 0 Å². The fourth-order valence-electron chi connectivity index (χ4n) is 3.06. The van der Waals surface area contributed by atoms with Crippen molar-refractivity contribution < 1.29 is 14.1 Å². The summed E-state index contributed by atoms with van der Waals surface area (Å²) < 4.78 is 10.8. The lowest BCUT2D eigenvalue weighted by atomic mass is 10.2. The van der Waals surface area contributed by atoms with Crippen LogP contribution >= 0.6 is 0 Å². The maximum atomic E-state index is 12.8. The number of rotatable bonds is 5. The molecule has 0 aliphatic carbocycles. The van der Waals surface area contributed by atoms with Crippen LogP contribution in [0.25, 0.3) is 0 Å². The maximum Gasteiger partial charge on any atom is 0.253 e. The number of nitrogens with zero attached hydrogens (tertiary/aromatic N) is 4. The number of amides is 1. The summed E-state index contributed by atoms with van der Waals surface area (Å²) in [6.45, 7) is 9.56. The van der Waals surface area contributed by atoms with Gasteiger partial charge in [-0.3, -0.25) is 9.69 Å². The van der Waals surface area contributed by atoms with Gasteiger partial charge in [-0.2, -0.15) is 4.98 Å². The van der Waals surface area contributed by atoms with Crippen molar-refractivity contribution in [2.45, 2.75) is 39.8 Å². The van der Waals surface area contributed by atoms with Crippen LogP contribution in [-0.2, 0) is 6.54 Å². The molecule has 1 aromatic heterocycles. The van der Waals surface area contributed by atoms with Crippen LogP contribution in [-0.4, -0.2) is 58.1 Å². The smallest absolute Gasteiger partial charge is 0.253 e. The number of benzene rings is 1. The molecule has 0 radical (unpaired) electrons. The van der Waals surface area contributed by atoms with Crippen LogP contribution in [0.15, 0.2) is 28.8 Å². The highest BCUT2D eigenvalue weighted by Gasteiger charge is 2.21. The number of aromatic nitrogens is 2. The number of aryl methyl sites for hydroxylation is 1. The largest absolute Gasteiger partial charge is 0.491 e. The van der Waals surface area contributed by atoms with E-state index in [1.807, 2.05) is 49.9 Å². The Hall–Kier alpha value is -2.41. The Kier molecular flexibility index (Phi) is 5.88. The molecule has 0 N–H and O–H groups in total. The molecule has 1 fully saturated rings. The second kappa shape index (κ2) is 8.31. The lowest BCUT2D eigenvalue weighted by Crippen LogP contribution is -2.35. The highest BCUT2D eigenvalue weighted by atomic mass is 16.5. The summed E-state index contributed by atoms with van der Waals surface area (Å²) in [7, 11) is 0. The Bertz CT molecular complexity index is 727. The van der Waals surface area contributed by atoms with Gasteiger partial charge in [0.25, 0.3) is 5.91 Å². The monoisotopic (exact) mass is 358 g/mol. The summed E-state index contributed by atoms with van der Waals surface area (Å²) in [6, 6.07) is 7.39. The highest BCUT2D eigenvalue weighted by molar-refractivity contribution is 5.94. The van der Waals surface area contributed by atoms with Gasteiger partial charge >= 0.3 is 0 Å². The quantitative estimate of drug-likeness (QED) is 0.818. The minimum absolute atomic E-state index is 0.0663. The minimum Gasteiger partial charge on any atom is -0.491 e. The summed E-state index contributed by atoms with van der Waals surface area (Å²) >= 11 is 0. The molecule has 0 atom stereocenters. The Morgan fingerprint density at radius 2 is 1.96 bits per heavy atom. The van der Waals surface area contributed by atoms with Crippen molar-refractivity contribution in [1.29, 1.82) is 0 Å². The zero-order valence-electron chi connectivity index (χ0n) is 15.6. The third kappa shape index (κ3) is 4.82. The molecule has 0 unspecified atom stereocenters. The molecule has 1 aromatic carbocycles. The molecule has 26 heavy (non-hydrogen) atoms. The second-order valence-electron chi connectivity index (χ2n) is 6.85. The van der Waals surface area contributed by atoms with Crippen molar-refractivity contribution in [3.05, 3.63) is 41.5 Å². The molecule has 0 bridgehead atoms. The Labute approximate surface area is 153 Å². The van der Waals surface area contributed by atoms with E-state index in [4.69, 9.17) is 9.26 Å². The van der Waals surface area contributed by atoms with Crippen molar-refractivity contribution in [3.63, 3.8) is 0 Å². The van der Waals surface area contributed by atoms with Crippen molar-refractivity contribution in [3.8, 4) is 5.75 Å². The molecule has 7 nitrogen and oxygen atoms in total. The summed E-state index contributed by atoms with van der Waals surface area (Å²) in [6.07, 6.45) is 1.05. The topological polar surface area (TPSA) is 71.7 Å². The van der Waals surface area contributed by atoms with Crippen molar-refractivity contribution in [2.75, 3.05) is 26.2 Å². The van der Waals surface area contributed by atoms with Gasteiger partial charge in [0.2, 0.25) is 5.89 Å². The molecule has 3 rings (SSSR count). The van der Waals surface area contributed by atoms with Crippen molar-refractivity contribution in [2.24, 2.45) is 0 Å². The zero-order chi connectivity index (χ0) is 18.5. The fourth-order valence-corrected chi connectivity index (χ4v) is 3.06. The molecule has 1 amide bonds. The van der Waals surface area contributed by atoms with E-state index in [2.05, 4.69) is 15.0 Å². The van der Waals surface area contributed by atoms with E-state index in [1.165, 1.54) is 0 Å². The van der Waals surface area contributed by atoms with Crippen LogP contribution in [0.5, 0.6) is 5.75 Å². The molecule has 1 aliphatic heterocycles. The molecule has 7 heteroatoms. The lowest BCUT2D eigenvalue weighted by Gasteiger charge is -2.21. The SMILES string of the molecule is Cc1noc(CN2CCCN(C(=O)c3ccc(OC(C)C)cc3)CC2)n1. The van der Waals surface area contributed by atoms with Gasteiger partial charge < -0.3 is 14.2 Å². The van der Waals surface area contributed by atoms with Crippen LogP contribution in [0, 0.1) is 6.92 Å². The first-order chi connectivity index (χ1) is 12.5. The molecule has 2 heterocycles. The summed E-state index contributed by atoms with van der Waals surface area (Å²) in [5, 5.41) is 3.83. The first kappa shape index (κ1) is 18.4. The molecule has 1 aliphatic rings. The Balaban J connectivity index is 1.56. The zero-order valence-corrected chi connectivity index (χ0v) is 15.6. The van der Waals surface area contributed by atoms with Crippen molar-refractivity contribution in [1.82, 2.24) is 19.9 Å². The third-order valence-corrected chi connectivity index (χ3v) is 4.28. The molecule has 0 saturated carbocycles. The van der Waals surface area contributed by atoms with Gasteiger partial charge in [0, 0.05) is 31.7 Å². The molecule has 140 valence electrons. The Morgan fingerprint density at radius 1 is 1.19 bits per heavy atom. The van der Waals surface area contributed by atoms with E-state index in [-0.39, 0.29) is 12.0 Å². The van der Waals surface area contributed by atoms with Crippen LogP contribution < -0.4 is 4.74 Å². The first-order valence-corrected chi connectivity index (χ1v) is 9.09. The first-order valence-electron chi connectivity index (χ1n) is 9.09. The fraction of sp³-hybridized carbons (Fsp3) is 0.526. The van der Waals surface area contributed by atoms with E-state index >= 15 is 0 Å². The van der Waals surface area contributed by atoms with Gasteiger partial charge in [-0.1, -0.05) is 5.16 Å². The lowest BCUT2D eigenvalue weighted by molar-refractivity contribution is 0.0760. The second-order valence-corrected chi connectivity index (χ2v) is 6.85. The highest BCUT2D eigenvalue weighted by Crippen LogP contribution is 2.16. The number of carbonyl (C=O) groups excluding carboxylic acids is 1. The van der Waals surface area contributed by atoms with Gasteiger partial charge in [-0.05, 0) is 51.5 Å². The van der Waals surface area contributed by atoms with E-state index in [1.54, 1.807) is 0 Å². The maximum absolute atomic E-state index is 12.8. The van der Waals surface area contributed by atoms with Crippen LogP contribution in [0.1, 0.15) is 42.3 Å². The number of hydrogen-bond acceptors (Lipinski definition) is 6. The van der Waals surface area contributed by atoms with Crippen LogP contribution in [0.2, 0.25) is 0 Å². The van der Waals surface area contributed by atoms with Crippen molar-refractivity contribution >= 4 is 5.91 Å². The van der Waals surface area contributed by atoms with E-state index in [0.29, 0.717) is 30.4 Å². The molecule has 2 aromatic rings. The Morgan fingerprint density at radius 3 is 2.62 bits per heavy atom.